The van der Waals surface area contributed by atoms with Crippen molar-refractivity contribution in [2.75, 3.05) is 7.11 Å². The highest BCUT2D eigenvalue weighted by atomic mass is 19.4. The molecule has 0 aromatic carbocycles. The Morgan fingerprint density at radius 3 is 1.70 bits per heavy atom. The van der Waals surface area contributed by atoms with Crippen molar-refractivity contribution in [1.29, 1.82) is 5.26 Å². The third-order valence-corrected chi connectivity index (χ3v) is 0.790. The van der Waals surface area contributed by atoms with Gasteiger partial charge >= 0.3 is 12.0 Å². The Hall–Kier alpha value is -0.830. The van der Waals surface area contributed by atoms with Gasteiger partial charge in [-0.2, -0.15) is 22.8 Å². The molecular formula is C4H3F4NO. The number of rotatable bonds is 1. The molecule has 58 valence electrons. The summed E-state index contributed by atoms with van der Waals surface area (Å²) < 4.78 is 49.5. The zero-order chi connectivity index (χ0) is 8.41. The number of ether oxygens (including phenoxy) is 1. The van der Waals surface area contributed by atoms with E-state index in [1.165, 1.54) is 0 Å². The predicted octanol–water partition coefficient (Wildman–Crippen LogP) is 1.38. The summed E-state index contributed by atoms with van der Waals surface area (Å²) in [7, 11) is 0.469. The van der Waals surface area contributed by atoms with Gasteiger partial charge in [-0.05, 0) is 0 Å². The summed E-state index contributed by atoms with van der Waals surface area (Å²) in [6.07, 6.45) is -5.30. The Bertz CT molecular complexity index is 160. The highest BCUT2D eigenvalue weighted by Crippen LogP contribution is 2.33. The smallest absolute Gasteiger partial charge is 0.331 e. The fourth-order valence-electron chi connectivity index (χ4n) is 0.225. The van der Waals surface area contributed by atoms with Gasteiger partial charge in [0.05, 0.1) is 0 Å². The average Bonchev–Trinajstić information content (AvgIpc) is 1.84. The van der Waals surface area contributed by atoms with Crippen LogP contribution < -0.4 is 0 Å². The van der Waals surface area contributed by atoms with Crippen molar-refractivity contribution >= 4 is 0 Å². The molecule has 0 radical (unpaired) electrons. The molecule has 0 rings (SSSR count). The van der Waals surface area contributed by atoms with Gasteiger partial charge in [-0.15, -0.1) is 0 Å². The fourth-order valence-corrected chi connectivity index (χ4v) is 0.225. The monoisotopic (exact) mass is 157 g/mol. The van der Waals surface area contributed by atoms with Crippen LogP contribution in [0.25, 0.3) is 0 Å². The van der Waals surface area contributed by atoms with Gasteiger partial charge in [0, 0.05) is 7.11 Å². The SMILES string of the molecule is COC(F)(C#N)C(F)(F)F. The second-order valence-electron chi connectivity index (χ2n) is 1.41. The van der Waals surface area contributed by atoms with Gasteiger partial charge in [0.2, 0.25) is 0 Å². The average molecular weight is 157 g/mol. The summed E-state index contributed by atoms with van der Waals surface area (Å²) in [5.74, 6) is -4.17. The molecule has 1 atom stereocenters. The van der Waals surface area contributed by atoms with Crippen molar-refractivity contribution in [2.24, 2.45) is 0 Å². The minimum atomic E-state index is -5.30. The van der Waals surface area contributed by atoms with Gasteiger partial charge in [0.1, 0.15) is 6.07 Å². The van der Waals surface area contributed by atoms with Crippen LogP contribution in [-0.4, -0.2) is 19.1 Å². The van der Waals surface area contributed by atoms with E-state index in [0.29, 0.717) is 13.2 Å². The maximum Gasteiger partial charge on any atom is 0.463 e. The minimum absolute atomic E-state index is 0.354. The molecule has 0 spiro atoms. The Morgan fingerprint density at radius 1 is 1.30 bits per heavy atom. The van der Waals surface area contributed by atoms with E-state index in [0.717, 1.165) is 0 Å². The molecular weight excluding hydrogens is 154 g/mol. The molecule has 0 heterocycles. The van der Waals surface area contributed by atoms with Crippen LogP contribution in [0.1, 0.15) is 0 Å². The normalized spacial score (nSPS) is 17.6. The van der Waals surface area contributed by atoms with Crippen molar-refractivity contribution in [3.8, 4) is 6.07 Å². The molecule has 0 saturated carbocycles. The lowest BCUT2D eigenvalue weighted by atomic mass is 10.3. The molecule has 0 bridgehead atoms. The van der Waals surface area contributed by atoms with Gasteiger partial charge in [-0.3, -0.25) is 0 Å². The van der Waals surface area contributed by atoms with E-state index in [-0.39, 0.29) is 0 Å². The van der Waals surface area contributed by atoms with Crippen LogP contribution in [0.3, 0.4) is 0 Å². The molecule has 0 aliphatic carbocycles. The van der Waals surface area contributed by atoms with Crippen LogP contribution in [0, 0.1) is 11.3 Å². The second kappa shape index (κ2) is 2.42. The highest BCUT2D eigenvalue weighted by molar-refractivity contribution is 4.98. The Kier molecular flexibility index (Phi) is 2.22. The molecule has 0 aliphatic rings. The van der Waals surface area contributed by atoms with Gasteiger partial charge < -0.3 is 4.74 Å². The number of alkyl halides is 4. The molecule has 6 heteroatoms. The molecule has 1 unspecified atom stereocenters. The molecule has 0 N–H and O–H groups in total. The second-order valence-corrected chi connectivity index (χ2v) is 1.41. The quantitative estimate of drug-likeness (QED) is 0.538. The van der Waals surface area contributed by atoms with E-state index in [9.17, 15) is 17.6 Å². The van der Waals surface area contributed by atoms with Crippen molar-refractivity contribution in [2.45, 2.75) is 12.0 Å². The van der Waals surface area contributed by atoms with E-state index in [4.69, 9.17) is 5.26 Å². The van der Waals surface area contributed by atoms with Crippen molar-refractivity contribution in [3.63, 3.8) is 0 Å². The maximum absolute atomic E-state index is 12.0. The van der Waals surface area contributed by atoms with Gasteiger partial charge in [0.25, 0.3) is 0 Å². The van der Waals surface area contributed by atoms with E-state index in [1.54, 1.807) is 0 Å². The maximum atomic E-state index is 12.0. The third kappa shape index (κ3) is 1.36. The summed E-state index contributed by atoms with van der Waals surface area (Å²) in [5.41, 5.74) is 0. The summed E-state index contributed by atoms with van der Waals surface area (Å²) in [6.45, 7) is 0. The summed E-state index contributed by atoms with van der Waals surface area (Å²) in [6, 6.07) is 0.354. The van der Waals surface area contributed by atoms with Crippen LogP contribution in [-0.2, 0) is 4.74 Å². The molecule has 0 fully saturated rings. The molecule has 0 aromatic rings. The topological polar surface area (TPSA) is 33.0 Å². The van der Waals surface area contributed by atoms with Crippen LogP contribution in [0.5, 0.6) is 0 Å². The molecule has 0 saturated heterocycles. The Balaban J connectivity index is 4.54. The highest BCUT2D eigenvalue weighted by Gasteiger charge is 2.58. The lowest BCUT2D eigenvalue weighted by Crippen LogP contribution is -2.41. The lowest BCUT2D eigenvalue weighted by Gasteiger charge is -2.17. The first-order valence-corrected chi connectivity index (χ1v) is 2.09. The first kappa shape index (κ1) is 9.17. The standard InChI is InChI=1S/C4H3F4NO/c1-10-3(5,2-9)4(6,7)8/h1H3. The first-order valence-electron chi connectivity index (χ1n) is 2.09. The van der Waals surface area contributed by atoms with Crippen LogP contribution in [0.2, 0.25) is 0 Å². The number of hydrogen-bond acceptors (Lipinski definition) is 2. The fraction of sp³-hybridized carbons (Fsp3) is 0.750. The number of hydrogen-bond donors (Lipinski definition) is 0. The van der Waals surface area contributed by atoms with Crippen molar-refractivity contribution in [1.82, 2.24) is 0 Å². The number of methoxy groups -OCH3 is 1. The lowest BCUT2D eigenvalue weighted by molar-refractivity contribution is -0.296. The minimum Gasteiger partial charge on any atom is -0.331 e. The van der Waals surface area contributed by atoms with Crippen molar-refractivity contribution in [3.05, 3.63) is 0 Å². The zero-order valence-corrected chi connectivity index (χ0v) is 4.87. The predicted molar refractivity (Wildman–Crippen MR) is 22.5 cm³/mol. The Labute approximate surface area is 54.0 Å². The first-order chi connectivity index (χ1) is 4.37. The summed E-state index contributed by atoms with van der Waals surface area (Å²) >= 11 is 0. The van der Waals surface area contributed by atoms with E-state index >= 15 is 0 Å². The summed E-state index contributed by atoms with van der Waals surface area (Å²) in [5, 5.41) is 7.65. The molecule has 0 amide bonds. The number of nitriles is 1. The molecule has 0 aromatic heterocycles. The van der Waals surface area contributed by atoms with E-state index in [1.807, 2.05) is 0 Å². The van der Waals surface area contributed by atoms with Gasteiger partial charge in [0.15, 0.2) is 0 Å². The third-order valence-electron chi connectivity index (χ3n) is 0.790. The zero-order valence-electron chi connectivity index (χ0n) is 4.87. The number of nitrogens with zero attached hydrogens (tertiary/aromatic N) is 1. The Morgan fingerprint density at radius 2 is 1.70 bits per heavy atom. The summed E-state index contributed by atoms with van der Waals surface area (Å²) in [4.78, 5) is 0. The van der Waals surface area contributed by atoms with Crippen LogP contribution in [0.4, 0.5) is 17.6 Å². The molecule has 10 heavy (non-hydrogen) atoms. The van der Waals surface area contributed by atoms with Crippen LogP contribution in [0.15, 0.2) is 0 Å². The van der Waals surface area contributed by atoms with Crippen molar-refractivity contribution < 1.29 is 22.3 Å². The molecule has 2 nitrogen and oxygen atoms in total. The van der Waals surface area contributed by atoms with E-state index < -0.39 is 12.0 Å². The van der Waals surface area contributed by atoms with E-state index in [2.05, 4.69) is 4.74 Å². The molecule has 0 aliphatic heterocycles. The van der Waals surface area contributed by atoms with Gasteiger partial charge in [-0.25, -0.2) is 0 Å². The number of halogens is 4. The van der Waals surface area contributed by atoms with Gasteiger partial charge in [-0.1, -0.05) is 0 Å². The van der Waals surface area contributed by atoms with Crippen LogP contribution >= 0.6 is 0 Å². The largest absolute Gasteiger partial charge is 0.463 e.